The lowest BCUT2D eigenvalue weighted by molar-refractivity contribution is 0.0338. The van der Waals surface area contributed by atoms with Gasteiger partial charge in [-0.15, -0.1) is 0 Å². The molecule has 126 valence electrons. The number of aromatic nitrogens is 3. The minimum absolute atomic E-state index is 0.579. The molecule has 2 aliphatic heterocycles. The first kappa shape index (κ1) is 15.4. The van der Waals surface area contributed by atoms with Crippen LogP contribution in [0.4, 0.5) is 5.13 Å². The molecule has 2 saturated heterocycles. The SMILES string of the molecule is Cc1nn(C)c2nc(N3CCCC[C@H]3CN3CCOCC3)sc12. The summed E-state index contributed by atoms with van der Waals surface area (Å²) in [5.41, 5.74) is 2.12. The number of ether oxygens (including phenoxy) is 1. The average Bonchev–Trinajstić information content (AvgIpc) is 3.11. The maximum absolute atomic E-state index is 5.48. The van der Waals surface area contributed by atoms with E-state index in [1.165, 1.54) is 29.1 Å². The summed E-state index contributed by atoms with van der Waals surface area (Å²) in [6.45, 7) is 8.21. The maximum atomic E-state index is 5.48. The molecule has 0 unspecified atom stereocenters. The number of nitrogens with zero attached hydrogens (tertiary/aromatic N) is 5. The molecule has 0 amide bonds. The Balaban J connectivity index is 1.56. The van der Waals surface area contributed by atoms with Gasteiger partial charge in [-0.05, 0) is 26.2 Å². The monoisotopic (exact) mass is 335 g/mol. The number of piperidine rings is 1. The molecular formula is C16H25N5OS. The molecule has 0 bridgehead atoms. The van der Waals surface area contributed by atoms with Crippen LogP contribution in [0.5, 0.6) is 0 Å². The second kappa shape index (κ2) is 6.37. The van der Waals surface area contributed by atoms with E-state index in [0.717, 1.165) is 50.7 Å². The smallest absolute Gasteiger partial charge is 0.188 e. The molecule has 0 N–H and O–H groups in total. The van der Waals surface area contributed by atoms with Crippen molar-refractivity contribution < 1.29 is 4.74 Å². The van der Waals surface area contributed by atoms with Gasteiger partial charge in [-0.25, -0.2) is 9.67 Å². The zero-order chi connectivity index (χ0) is 15.8. The van der Waals surface area contributed by atoms with Crippen LogP contribution in [0.1, 0.15) is 25.0 Å². The summed E-state index contributed by atoms with van der Waals surface area (Å²) in [6.07, 6.45) is 3.87. The number of aryl methyl sites for hydroxylation is 2. The van der Waals surface area contributed by atoms with Crippen molar-refractivity contribution in [3.8, 4) is 0 Å². The first-order chi connectivity index (χ1) is 11.2. The van der Waals surface area contributed by atoms with E-state index in [4.69, 9.17) is 9.72 Å². The van der Waals surface area contributed by atoms with E-state index in [9.17, 15) is 0 Å². The van der Waals surface area contributed by atoms with Gasteiger partial charge in [0.2, 0.25) is 0 Å². The fourth-order valence-electron chi connectivity index (χ4n) is 3.72. The van der Waals surface area contributed by atoms with Gasteiger partial charge < -0.3 is 9.64 Å². The van der Waals surface area contributed by atoms with Gasteiger partial charge in [-0.2, -0.15) is 5.10 Å². The van der Waals surface area contributed by atoms with Gasteiger partial charge >= 0.3 is 0 Å². The van der Waals surface area contributed by atoms with E-state index in [1.807, 2.05) is 11.7 Å². The number of thiazole rings is 1. The highest BCUT2D eigenvalue weighted by Gasteiger charge is 2.28. The van der Waals surface area contributed by atoms with Crippen LogP contribution in [0.3, 0.4) is 0 Å². The molecule has 0 spiro atoms. The molecule has 0 aromatic carbocycles. The van der Waals surface area contributed by atoms with E-state index in [1.54, 1.807) is 11.3 Å². The largest absolute Gasteiger partial charge is 0.379 e. The fraction of sp³-hybridized carbons (Fsp3) is 0.750. The standard InChI is InChI=1S/C16H25N5OS/c1-12-14-15(19(2)18-12)17-16(23-14)21-6-4-3-5-13(21)11-20-7-9-22-10-8-20/h13H,3-11H2,1-2H3/t13-/m0/s1. The lowest BCUT2D eigenvalue weighted by atomic mass is 10.0. The quantitative estimate of drug-likeness (QED) is 0.859. The minimum Gasteiger partial charge on any atom is -0.379 e. The summed E-state index contributed by atoms with van der Waals surface area (Å²) >= 11 is 1.81. The number of hydrogen-bond acceptors (Lipinski definition) is 6. The van der Waals surface area contributed by atoms with Crippen LogP contribution in [0.2, 0.25) is 0 Å². The summed E-state index contributed by atoms with van der Waals surface area (Å²) in [6, 6.07) is 0.579. The van der Waals surface area contributed by atoms with Crippen LogP contribution in [-0.2, 0) is 11.8 Å². The van der Waals surface area contributed by atoms with Crippen molar-refractivity contribution in [3.63, 3.8) is 0 Å². The molecule has 0 radical (unpaired) electrons. The molecule has 0 aliphatic carbocycles. The Labute approximate surface area is 141 Å². The summed E-state index contributed by atoms with van der Waals surface area (Å²) in [5.74, 6) is 0. The molecule has 0 saturated carbocycles. The van der Waals surface area contributed by atoms with Crippen LogP contribution in [0, 0.1) is 6.92 Å². The Morgan fingerprint density at radius 3 is 2.83 bits per heavy atom. The predicted molar refractivity (Wildman–Crippen MR) is 93.4 cm³/mol. The second-order valence-corrected chi connectivity index (χ2v) is 7.59. The molecule has 6 nitrogen and oxygen atoms in total. The van der Waals surface area contributed by atoms with Crippen LogP contribution in [-0.4, -0.2) is 65.1 Å². The lowest BCUT2D eigenvalue weighted by Crippen LogP contribution is -2.49. The van der Waals surface area contributed by atoms with Crippen LogP contribution < -0.4 is 4.90 Å². The Kier molecular flexibility index (Phi) is 4.26. The molecule has 7 heteroatoms. The Morgan fingerprint density at radius 1 is 1.22 bits per heavy atom. The normalized spacial score (nSPS) is 23.7. The zero-order valence-corrected chi connectivity index (χ0v) is 14.8. The molecule has 1 atom stereocenters. The summed E-state index contributed by atoms with van der Waals surface area (Å²) in [7, 11) is 1.99. The Morgan fingerprint density at radius 2 is 2.04 bits per heavy atom. The van der Waals surface area contributed by atoms with Crippen molar-refractivity contribution in [2.24, 2.45) is 7.05 Å². The minimum atomic E-state index is 0.579. The summed E-state index contributed by atoms with van der Waals surface area (Å²) in [5, 5.41) is 5.65. The molecule has 2 aromatic rings. The van der Waals surface area contributed by atoms with Crippen molar-refractivity contribution in [1.29, 1.82) is 0 Å². The van der Waals surface area contributed by atoms with Crippen molar-refractivity contribution in [2.45, 2.75) is 32.2 Å². The predicted octanol–water partition coefficient (Wildman–Crippen LogP) is 2.03. The highest BCUT2D eigenvalue weighted by molar-refractivity contribution is 7.22. The van der Waals surface area contributed by atoms with Gasteiger partial charge in [0.25, 0.3) is 0 Å². The summed E-state index contributed by atoms with van der Waals surface area (Å²) < 4.78 is 8.62. The van der Waals surface area contributed by atoms with Gasteiger partial charge in [-0.3, -0.25) is 4.90 Å². The number of hydrogen-bond donors (Lipinski definition) is 0. The average molecular weight is 335 g/mol. The topological polar surface area (TPSA) is 46.4 Å². The van der Waals surface area contributed by atoms with E-state index in [2.05, 4.69) is 21.8 Å². The molecule has 2 fully saturated rings. The van der Waals surface area contributed by atoms with E-state index in [0.29, 0.717) is 6.04 Å². The van der Waals surface area contributed by atoms with Crippen molar-refractivity contribution in [2.75, 3.05) is 44.3 Å². The fourth-order valence-corrected chi connectivity index (χ4v) is 4.85. The van der Waals surface area contributed by atoms with Gasteiger partial charge in [0.05, 0.1) is 23.6 Å². The number of morpholine rings is 1. The molecular weight excluding hydrogens is 310 g/mol. The van der Waals surface area contributed by atoms with Crippen molar-refractivity contribution in [3.05, 3.63) is 5.69 Å². The lowest BCUT2D eigenvalue weighted by Gasteiger charge is -2.39. The van der Waals surface area contributed by atoms with Crippen molar-refractivity contribution in [1.82, 2.24) is 19.7 Å². The zero-order valence-electron chi connectivity index (χ0n) is 14.0. The number of rotatable bonds is 3. The van der Waals surface area contributed by atoms with E-state index < -0.39 is 0 Å². The molecule has 4 rings (SSSR count). The maximum Gasteiger partial charge on any atom is 0.188 e. The third-order valence-corrected chi connectivity index (χ3v) is 6.17. The Bertz CT molecular complexity index is 641. The van der Waals surface area contributed by atoms with Crippen LogP contribution >= 0.6 is 11.3 Å². The second-order valence-electron chi connectivity index (χ2n) is 6.61. The van der Waals surface area contributed by atoms with Gasteiger partial charge in [-0.1, -0.05) is 11.3 Å². The van der Waals surface area contributed by atoms with Gasteiger partial charge in [0, 0.05) is 39.3 Å². The summed E-state index contributed by atoms with van der Waals surface area (Å²) in [4.78, 5) is 9.99. The van der Waals surface area contributed by atoms with E-state index in [-0.39, 0.29) is 0 Å². The number of anilines is 1. The van der Waals surface area contributed by atoms with Crippen LogP contribution in [0.25, 0.3) is 10.3 Å². The van der Waals surface area contributed by atoms with Crippen molar-refractivity contribution >= 4 is 26.8 Å². The third kappa shape index (κ3) is 2.97. The molecule has 2 aromatic heterocycles. The molecule has 2 aliphatic rings. The Hall–Kier alpha value is -1.18. The van der Waals surface area contributed by atoms with Gasteiger partial charge in [0.15, 0.2) is 10.8 Å². The van der Waals surface area contributed by atoms with E-state index >= 15 is 0 Å². The number of fused-ring (bicyclic) bond motifs is 1. The highest BCUT2D eigenvalue weighted by Crippen LogP contribution is 2.34. The first-order valence-corrected chi connectivity index (χ1v) is 9.41. The van der Waals surface area contributed by atoms with Gasteiger partial charge in [0.1, 0.15) is 0 Å². The first-order valence-electron chi connectivity index (χ1n) is 8.59. The highest BCUT2D eigenvalue weighted by atomic mass is 32.1. The molecule has 23 heavy (non-hydrogen) atoms. The third-order valence-electron chi connectivity index (χ3n) is 4.98. The van der Waals surface area contributed by atoms with Crippen LogP contribution in [0.15, 0.2) is 0 Å². The molecule has 4 heterocycles.